The van der Waals surface area contributed by atoms with E-state index in [0.717, 1.165) is 25.9 Å². The van der Waals surface area contributed by atoms with E-state index in [1.54, 1.807) is 11.6 Å². The number of aromatic nitrogens is 2. The Balaban J connectivity index is 2.44. The maximum Gasteiger partial charge on any atom is 0.333 e. The van der Waals surface area contributed by atoms with Crippen molar-refractivity contribution in [1.82, 2.24) is 9.78 Å². The number of anilines is 1. The highest BCUT2D eigenvalue weighted by Crippen LogP contribution is 2.36. The van der Waals surface area contributed by atoms with Crippen LogP contribution in [0.1, 0.15) is 45.3 Å². The highest BCUT2D eigenvalue weighted by Gasteiger charge is 2.34. The zero-order valence-corrected chi connectivity index (χ0v) is 13.2. The SMILES string of the molecule is CCC1CN(c2c([N+](=O)[O-])c(C)nn2C(C)C)CCC1N. The number of piperidine rings is 1. The number of rotatable bonds is 4. The molecule has 2 atom stereocenters. The normalized spacial score (nSPS) is 22.9. The summed E-state index contributed by atoms with van der Waals surface area (Å²) in [6.07, 6.45) is 1.85. The van der Waals surface area contributed by atoms with Crippen molar-refractivity contribution in [2.75, 3.05) is 18.0 Å². The zero-order valence-electron chi connectivity index (χ0n) is 13.2. The lowest BCUT2D eigenvalue weighted by Crippen LogP contribution is -2.47. The van der Waals surface area contributed by atoms with E-state index in [-0.39, 0.29) is 22.7 Å². The summed E-state index contributed by atoms with van der Waals surface area (Å²) < 4.78 is 1.77. The van der Waals surface area contributed by atoms with Gasteiger partial charge in [0.2, 0.25) is 5.82 Å². The second kappa shape index (κ2) is 6.01. The third kappa shape index (κ3) is 2.88. The van der Waals surface area contributed by atoms with E-state index >= 15 is 0 Å². The van der Waals surface area contributed by atoms with Crippen molar-refractivity contribution in [2.45, 2.75) is 52.6 Å². The van der Waals surface area contributed by atoms with Gasteiger partial charge in [0, 0.05) is 25.2 Å². The number of hydrogen-bond acceptors (Lipinski definition) is 5. The van der Waals surface area contributed by atoms with E-state index in [2.05, 4.69) is 16.9 Å². The molecule has 21 heavy (non-hydrogen) atoms. The Hall–Kier alpha value is -1.63. The monoisotopic (exact) mass is 295 g/mol. The van der Waals surface area contributed by atoms with Gasteiger partial charge in [0.05, 0.1) is 4.92 Å². The van der Waals surface area contributed by atoms with Crippen molar-refractivity contribution in [3.8, 4) is 0 Å². The fraction of sp³-hybridized carbons (Fsp3) is 0.786. The van der Waals surface area contributed by atoms with Crippen molar-refractivity contribution >= 4 is 11.5 Å². The van der Waals surface area contributed by atoms with E-state index in [1.807, 2.05) is 13.8 Å². The van der Waals surface area contributed by atoms with Crippen LogP contribution in [0, 0.1) is 23.0 Å². The van der Waals surface area contributed by atoms with Crippen molar-refractivity contribution in [3.05, 3.63) is 15.8 Å². The molecule has 2 rings (SSSR count). The molecule has 2 N–H and O–H groups in total. The third-order valence-corrected chi connectivity index (χ3v) is 4.32. The van der Waals surface area contributed by atoms with Gasteiger partial charge in [-0.15, -0.1) is 0 Å². The van der Waals surface area contributed by atoms with Crippen LogP contribution < -0.4 is 10.6 Å². The third-order valence-electron chi connectivity index (χ3n) is 4.32. The summed E-state index contributed by atoms with van der Waals surface area (Å²) >= 11 is 0. The maximum atomic E-state index is 11.4. The predicted octanol–water partition coefficient (Wildman–Crippen LogP) is 2.24. The summed E-state index contributed by atoms with van der Waals surface area (Å²) in [6.45, 7) is 9.31. The van der Waals surface area contributed by atoms with Crippen molar-refractivity contribution in [2.24, 2.45) is 11.7 Å². The lowest BCUT2D eigenvalue weighted by Gasteiger charge is -2.37. The topological polar surface area (TPSA) is 90.2 Å². The molecule has 1 fully saturated rings. The van der Waals surface area contributed by atoms with E-state index in [0.29, 0.717) is 17.4 Å². The number of nitrogens with two attached hydrogens (primary N) is 1. The van der Waals surface area contributed by atoms with Gasteiger partial charge in [-0.3, -0.25) is 10.1 Å². The van der Waals surface area contributed by atoms with Gasteiger partial charge in [-0.2, -0.15) is 5.10 Å². The van der Waals surface area contributed by atoms with Gasteiger partial charge in [0.15, 0.2) is 0 Å². The van der Waals surface area contributed by atoms with Gasteiger partial charge in [-0.05, 0) is 33.1 Å². The Morgan fingerprint density at radius 2 is 2.19 bits per heavy atom. The second-order valence-corrected chi connectivity index (χ2v) is 6.12. The van der Waals surface area contributed by atoms with Crippen molar-refractivity contribution in [3.63, 3.8) is 0 Å². The first-order valence-corrected chi connectivity index (χ1v) is 7.60. The molecular formula is C14H25N5O2. The lowest BCUT2D eigenvalue weighted by molar-refractivity contribution is -0.384. The minimum Gasteiger partial charge on any atom is -0.351 e. The molecular weight excluding hydrogens is 270 g/mol. The molecule has 7 nitrogen and oxygen atoms in total. The van der Waals surface area contributed by atoms with Gasteiger partial charge in [0.1, 0.15) is 5.69 Å². The Bertz CT molecular complexity index is 526. The van der Waals surface area contributed by atoms with Crippen LogP contribution in [0.3, 0.4) is 0 Å². The van der Waals surface area contributed by atoms with Crippen LogP contribution >= 0.6 is 0 Å². The molecule has 0 amide bonds. The summed E-state index contributed by atoms with van der Waals surface area (Å²) in [5.74, 6) is 1.01. The standard InChI is InChI=1S/C14H25N5O2/c1-5-11-8-17(7-6-12(11)15)14-13(19(20)21)10(4)16-18(14)9(2)3/h9,11-12H,5-8,15H2,1-4H3. The number of nitrogens with zero attached hydrogens (tertiary/aromatic N) is 4. The Labute approximate surface area is 125 Å². The molecule has 7 heteroatoms. The molecule has 0 aromatic carbocycles. The average molecular weight is 295 g/mol. The quantitative estimate of drug-likeness (QED) is 0.679. The van der Waals surface area contributed by atoms with Crippen LogP contribution in [0.25, 0.3) is 0 Å². The minimum atomic E-state index is -0.313. The molecule has 1 saturated heterocycles. The Morgan fingerprint density at radius 1 is 1.52 bits per heavy atom. The fourth-order valence-corrected chi connectivity index (χ4v) is 3.07. The van der Waals surface area contributed by atoms with E-state index < -0.39 is 0 Å². The summed E-state index contributed by atoms with van der Waals surface area (Å²) in [5.41, 5.74) is 6.76. The van der Waals surface area contributed by atoms with Crippen LogP contribution in [0.4, 0.5) is 11.5 Å². The average Bonchev–Trinajstić information content (AvgIpc) is 2.77. The van der Waals surface area contributed by atoms with Crippen molar-refractivity contribution < 1.29 is 4.92 Å². The molecule has 2 unspecified atom stereocenters. The molecule has 2 heterocycles. The van der Waals surface area contributed by atoms with E-state index in [1.165, 1.54) is 0 Å². The molecule has 118 valence electrons. The number of nitro groups is 1. The minimum absolute atomic E-state index is 0.0862. The van der Waals surface area contributed by atoms with Gasteiger partial charge in [-0.25, -0.2) is 4.68 Å². The van der Waals surface area contributed by atoms with Gasteiger partial charge in [-0.1, -0.05) is 13.3 Å². The Kier molecular flexibility index (Phi) is 4.51. The fourth-order valence-electron chi connectivity index (χ4n) is 3.07. The van der Waals surface area contributed by atoms with Gasteiger partial charge >= 0.3 is 5.69 Å². The molecule has 1 aliphatic heterocycles. The van der Waals surface area contributed by atoms with E-state index in [9.17, 15) is 10.1 Å². The summed E-state index contributed by atoms with van der Waals surface area (Å²) in [6, 6.07) is 0.268. The number of hydrogen-bond donors (Lipinski definition) is 1. The largest absolute Gasteiger partial charge is 0.351 e. The zero-order chi connectivity index (χ0) is 15.7. The lowest BCUT2D eigenvalue weighted by atomic mass is 9.90. The molecule has 0 aliphatic carbocycles. The van der Waals surface area contributed by atoms with Crippen LogP contribution in [0.2, 0.25) is 0 Å². The summed E-state index contributed by atoms with van der Waals surface area (Å²) in [7, 11) is 0. The highest BCUT2D eigenvalue weighted by atomic mass is 16.6. The molecule has 0 saturated carbocycles. The van der Waals surface area contributed by atoms with Crippen molar-refractivity contribution in [1.29, 1.82) is 0 Å². The van der Waals surface area contributed by atoms with Gasteiger partial charge < -0.3 is 10.6 Å². The highest BCUT2D eigenvalue weighted by molar-refractivity contribution is 5.62. The molecule has 0 radical (unpaired) electrons. The van der Waals surface area contributed by atoms with E-state index in [4.69, 9.17) is 5.73 Å². The smallest absolute Gasteiger partial charge is 0.333 e. The van der Waals surface area contributed by atoms with Crippen LogP contribution in [-0.4, -0.2) is 33.8 Å². The summed E-state index contributed by atoms with van der Waals surface area (Å²) in [5, 5.41) is 15.8. The predicted molar refractivity (Wildman–Crippen MR) is 82.6 cm³/mol. The maximum absolute atomic E-state index is 11.4. The van der Waals surface area contributed by atoms with Crippen LogP contribution in [0.5, 0.6) is 0 Å². The first-order valence-electron chi connectivity index (χ1n) is 7.60. The van der Waals surface area contributed by atoms with Crippen LogP contribution in [0.15, 0.2) is 0 Å². The molecule has 1 aliphatic rings. The van der Waals surface area contributed by atoms with Gasteiger partial charge in [0.25, 0.3) is 0 Å². The molecule has 1 aromatic rings. The first kappa shape index (κ1) is 15.8. The Morgan fingerprint density at radius 3 is 2.71 bits per heavy atom. The molecule has 0 spiro atoms. The first-order chi connectivity index (χ1) is 9.86. The molecule has 1 aromatic heterocycles. The van der Waals surface area contributed by atoms with Crippen LogP contribution in [-0.2, 0) is 0 Å². The summed E-state index contributed by atoms with van der Waals surface area (Å²) in [4.78, 5) is 13.2. The second-order valence-electron chi connectivity index (χ2n) is 6.12. The molecule has 0 bridgehead atoms. The number of aryl methyl sites for hydroxylation is 1.